The van der Waals surface area contributed by atoms with E-state index in [9.17, 15) is 14.7 Å². The van der Waals surface area contributed by atoms with E-state index in [-0.39, 0.29) is 23.7 Å². The molecule has 0 aromatic heterocycles. The summed E-state index contributed by atoms with van der Waals surface area (Å²) in [7, 11) is 0. The second-order valence-electron chi connectivity index (χ2n) is 7.36. The molecule has 146 valence electrons. The van der Waals surface area contributed by atoms with Crippen LogP contribution in [0.15, 0.2) is 40.5 Å². The van der Waals surface area contributed by atoms with E-state index in [4.69, 9.17) is 4.99 Å². The molecule has 2 N–H and O–H groups in total. The van der Waals surface area contributed by atoms with E-state index in [2.05, 4.69) is 5.32 Å². The summed E-state index contributed by atoms with van der Waals surface area (Å²) in [5.74, 6) is 0.864. The minimum atomic E-state index is -0.147. The Morgan fingerprint density at radius 3 is 2.33 bits per heavy atom. The number of rotatable bonds is 8. The summed E-state index contributed by atoms with van der Waals surface area (Å²) in [5, 5.41) is 12.7. The van der Waals surface area contributed by atoms with Crippen LogP contribution in [0, 0.1) is 0 Å². The molecule has 1 saturated carbocycles. The normalized spacial score (nSPS) is 16.2. The molecule has 0 amide bonds. The third-order valence-electron chi connectivity index (χ3n) is 4.97. The molecule has 5 heteroatoms. The Balaban J connectivity index is 2.10. The van der Waals surface area contributed by atoms with Crippen LogP contribution >= 0.6 is 0 Å². The second-order valence-corrected chi connectivity index (χ2v) is 7.36. The van der Waals surface area contributed by atoms with Gasteiger partial charge < -0.3 is 10.4 Å². The number of amidine groups is 1. The number of phenols is 1. The molecule has 0 unspecified atom stereocenters. The molecule has 0 heterocycles. The fourth-order valence-corrected chi connectivity index (χ4v) is 3.22. The minimum absolute atomic E-state index is 0.0620. The van der Waals surface area contributed by atoms with Gasteiger partial charge in [0, 0.05) is 17.7 Å². The molecule has 2 rings (SSSR count). The van der Waals surface area contributed by atoms with E-state index in [1.54, 1.807) is 19.1 Å². The molecule has 0 aliphatic heterocycles. The number of hydrogen-bond donors (Lipinski definition) is 2. The molecule has 1 aliphatic carbocycles. The Hall–Kier alpha value is -2.43. The van der Waals surface area contributed by atoms with Crippen molar-refractivity contribution in [2.45, 2.75) is 71.8 Å². The zero-order valence-corrected chi connectivity index (χ0v) is 16.5. The molecule has 0 radical (unpaired) electrons. The summed E-state index contributed by atoms with van der Waals surface area (Å²) in [6.45, 7) is 5.04. The molecule has 1 aromatic rings. The fourth-order valence-electron chi connectivity index (χ4n) is 3.22. The van der Waals surface area contributed by atoms with Gasteiger partial charge in [-0.3, -0.25) is 14.6 Å². The minimum Gasteiger partial charge on any atom is -0.508 e. The van der Waals surface area contributed by atoms with Crippen molar-refractivity contribution in [1.82, 2.24) is 5.32 Å². The van der Waals surface area contributed by atoms with Crippen LogP contribution in [0.4, 0.5) is 0 Å². The van der Waals surface area contributed by atoms with Crippen molar-refractivity contribution in [2.24, 2.45) is 4.99 Å². The van der Waals surface area contributed by atoms with E-state index in [0.717, 1.165) is 42.8 Å². The average molecular weight is 370 g/mol. The third kappa shape index (κ3) is 7.00. The van der Waals surface area contributed by atoms with Gasteiger partial charge in [-0.1, -0.05) is 25.0 Å². The largest absolute Gasteiger partial charge is 0.508 e. The topological polar surface area (TPSA) is 78.8 Å². The van der Waals surface area contributed by atoms with Gasteiger partial charge in [-0.05, 0) is 57.7 Å². The van der Waals surface area contributed by atoms with Crippen LogP contribution in [0.5, 0.6) is 5.75 Å². The number of aryl methyl sites for hydroxylation is 1. The van der Waals surface area contributed by atoms with Crippen molar-refractivity contribution in [2.75, 3.05) is 0 Å². The van der Waals surface area contributed by atoms with Crippen LogP contribution < -0.4 is 5.32 Å². The van der Waals surface area contributed by atoms with E-state index in [1.807, 2.05) is 19.1 Å². The number of nitrogens with zero attached hydrogens (tertiary/aromatic N) is 1. The molecule has 1 aromatic carbocycles. The number of hydrogen-bond acceptors (Lipinski definition) is 4. The van der Waals surface area contributed by atoms with Gasteiger partial charge in [-0.2, -0.15) is 0 Å². The van der Waals surface area contributed by atoms with Crippen LogP contribution in [0.3, 0.4) is 0 Å². The van der Waals surface area contributed by atoms with Gasteiger partial charge in [0.05, 0.1) is 12.5 Å². The predicted octanol–water partition coefficient (Wildman–Crippen LogP) is 4.10. The highest BCUT2D eigenvalue weighted by molar-refractivity contribution is 6.07. The maximum absolute atomic E-state index is 12.1. The van der Waals surface area contributed by atoms with Crippen LogP contribution in [0.1, 0.15) is 64.9 Å². The highest BCUT2D eigenvalue weighted by atomic mass is 16.3. The number of carbonyl (C=O) groups is 2. The van der Waals surface area contributed by atoms with E-state index < -0.39 is 0 Å². The lowest BCUT2D eigenvalue weighted by atomic mass is 10.1. The standard InChI is InChI=1S/C22H30N2O3/c1-15(25)14-21(27)16(2)17(3)23-22(24-19-6-4-5-7-19)13-10-18-8-11-20(26)12-9-18/h8-9,11-12,19,26H,4-7,10,13-14H2,1-3H3,(H,23,24)/b17-16+. The van der Waals surface area contributed by atoms with Crippen molar-refractivity contribution < 1.29 is 14.7 Å². The lowest BCUT2D eigenvalue weighted by molar-refractivity contribution is -0.123. The number of ketones is 2. The van der Waals surface area contributed by atoms with Crippen LogP contribution in [0.25, 0.3) is 0 Å². The van der Waals surface area contributed by atoms with Gasteiger partial charge in [-0.25, -0.2) is 0 Å². The number of allylic oxidation sites excluding steroid dienone is 2. The first-order chi connectivity index (χ1) is 12.8. The Morgan fingerprint density at radius 1 is 1.11 bits per heavy atom. The highest BCUT2D eigenvalue weighted by Crippen LogP contribution is 2.21. The number of aromatic hydroxyl groups is 1. The van der Waals surface area contributed by atoms with Gasteiger partial charge in [0.15, 0.2) is 5.78 Å². The van der Waals surface area contributed by atoms with Gasteiger partial charge >= 0.3 is 0 Å². The third-order valence-corrected chi connectivity index (χ3v) is 4.97. The Bertz CT molecular complexity index is 726. The summed E-state index contributed by atoms with van der Waals surface area (Å²) in [6, 6.07) is 7.53. The molecular weight excluding hydrogens is 340 g/mol. The van der Waals surface area contributed by atoms with Gasteiger partial charge in [0.1, 0.15) is 17.4 Å². The summed E-state index contributed by atoms with van der Waals surface area (Å²) >= 11 is 0. The van der Waals surface area contributed by atoms with Crippen LogP contribution in [-0.4, -0.2) is 28.6 Å². The van der Waals surface area contributed by atoms with Crippen LogP contribution in [0.2, 0.25) is 0 Å². The first-order valence-corrected chi connectivity index (χ1v) is 9.67. The maximum atomic E-state index is 12.1. The van der Waals surface area contributed by atoms with Crippen molar-refractivity contribution in [1.29, 1.82) is 0 Å². The van der Waals surface area contributed by atoms with Crippen molar-refractivity contribution in [3.8, 4) is 5.75 Å². The lowest BCUT2D eigenvalue weighted by Crippen LogP contribution is -2.26. The average Bonchev–Trinajstić information content (AvgIpc) is 3.12. The van der Waals surface area contributed by atoms with Gasteiger partial charge in [0.25, 0.3) is 0 Å². The highest BCUT2D eigenvalue weighted by Gasteiger charge is 2.16. The number of benzene rings is 1. The number of carbonyl (C=O) groups excluding carboxylic acids is 2. The first kappa shape index (κ1) is 20.9. The molecule has 1 fully saturated rings. The summed E-state index contributed by atoms with van der Waals surface area (Å²) in [6.07, 6.45) is 6.10. The predicted molar refractivity (Wildman–Crippen MR) is 108 cm³/mol. The van der Waals surface area contributed by atoms with Crippen molar-refractivity contribution in [3.05, 3.63) is 41.1 Å². The van der Waals surface area contributed by atoms with Gasteiger partial charge in [0.2, 0.25) is 0 Å². The van der Waals surface area contributed by atoms with E-state index in [0.29, 0.717) is 11.6 Å². The van der Waals surface area contributed by atoms with Crippen molar-refractivity contribution >= 4 is 17.4 Å². The van der Waals surface area contributed by atoms with E-state index >= 15 is 0 Å². The Morgan fingerprint density at radius 2 is 1.74 bits per heavy atom. The molecule has 0 bridgehead atoms. The monoisotopic (exact) mass is 370 g/mol. The molecule has 27 heavy (non-hydrogen) atoms. The second kappa shape index (κ2) is 10.0. The molecule has 0 spiro atoms. The molecule has 1 aliphatic rings. The summed E-state index contributed by atoms with van der Waals surface area (Å²) < 4.78 is 0. The Kier molecular flexibility index (Phi) is 7.77. The zero-order valence-electron chi connectivity index (χ0n) is 16.5. The number of aliphatic imine (C=N–C) groups is 1. The maximum Gasteiger partial charge on any atom is 0.167 e. The van der Waals surface area contributed by atoms with Crippen molar-refractivity contribution in [3.63, 3.8) is 0 Å². The van der Waals surface area contributed by atoms with Crippen LogP contribution in [-0.2, 0) is 16.0 Å². The van der Waals surface area contributed by atoms with Gasteiger partial charge in [-0.15, -0.1) is 0 Å². The summed E-state index contributed by atoms with van der Waals surface area (Å²) in [5.41, 5.74) is 2.46. The number of nitrogens with one attached hydrogen (secondary N) is 1. The molecule has 5 nitrogen and oxygen atoms in total. The molecular formula is C22H30N2O3. The molecule has 0 atom stereocenters. The number of Topliss-reactive ketones (excluding diaryl/α,β-unsaturated/α-hetero) is 2. The smallest absolute Gasteiger partial charge is 0.167 e. The van der Waals surface area contributed by atoms with E-state index in [1.165, 1.54) is 19.8 Å². The molecule has 0 saturated heterocycles. The zero-order chi connectivity index (χ0) is 19.8. The quantitative estimate of drug-likeness (QED) is 0.313. The lowest BCUT2D eigenvalue weighted by Gasteiger charge is -2.15. The number of phenolic OH excluding ortho intramolecular Hbond substituents is 1. The SMILES string of the molecule is CC(=O)CC(=O)/C(C)=C(\C)NC(CCc1ccc(O)cc1)=NC1CCCC1. The fraction of sp³-hybridized carbons (Fsp3) is 0.500. The first-order valence-electron chi connectivity index (χ1n) is 9.67. The Labute approximate surface area is 161 Å². The summed E-state index contributed by atoms with van der Waals surface area (Å²) in [4.78, 5) is 28.3.